The van der Waals surface area contributed by atoms with Crippen LogP contribution in [0.2, 0.25) is 0 Å². The molecule has 23 heteroatoms. The lowest BCUT2D eigenvalue weighted by Gasteiger charge is -2.43. The van der Waals surface area contributed by atoms with Crippen LogP contribution in [0, 0.1) is 5.92 Å². The maximum absolute atomic E-state index is 14.5. The fourth-order valence-corrected chi connectivity index (χ4v) is 8.71. The van der Waals surface area contributed by atoms with Gasteiger partial charge in [0, 0.05) is 5.92 Å². The Bertz CT molecular complexity index is 1110. The zero-order valence-corrected chi connectivity index (χ0v) is 23.2. The van der Waals surface area contributed by atoms with Crippen molar-refractivity contribution in [3.63, 3.8) is 0 Å². The van der Waals surface area contributed by atoms with Crippen LogP contribution in [0.5, 0.6) is 0 Å². The molecule has 0 aromatic heterocycles. The Morgan fingerprint density at radius 2 is 0.953 bits per heavy atom. The molecule has 1 fully saturated rings. The van der Waals surface area contributed by atoms with Crippen molar-refractivity contribution < 1.29 is 91.5 Å². The standard InChI is InChI=1S/C20H23F17O4S2/c1-3-42(4-2,10-12(38)11-8-6-5-7-9-11)41-43(39,40)20(36,37)18(31,32)16(27,28)14(23,24)13(21,22)15(25,26)17(29,30)19(33,34)35/h11H,3-10H2,1-2H3. The number of carbonyl (C=O) groups excluding carboxylic acids is 1. The lowest BCUT2D eigenvalue weighted by atomic mass is 9.87. The van der Waals surface area contributed by atoms with Gasteiger partial charge in [0.15, 0.2) is 0 Å². The number of rotatable bonds is 14. The number of hydrogen-bond donors (Lipinski definition) is 0. The molecule has 0 atom stereocenters. The van der Waals surface area contributed by atoms with Gasteiger partial charge in [0.05, 0.1) is 5.75 Å². The van der Waals surface area contributed by atoms with Crippen molar-refractivity contribution in [3.8, 4) is 0 Å². The highest BCUT2D eigenvalue weighted by atomic mass is 32.3. The second-order valence-electron chi connectivity index (χ2n) is 9.47. The first-order chi connectivity index (χ1) is 18.8. The lowest BCUT2D eigenvalue weighted by Crippen LogP contribution is -2.75. The van der Waals surface area contributed by atoms with Crippen molar-refractivity contribution in [3.05, 3.63) is 0 Å². The molecule has 0 N–H and O–H groups in total. The first-order valence-corrected chi connectivity index (χ1v) is 15.3. The van der Waals surface area contributed by atoms with Gasteiger partial charge in [0.2, 0.25) is 0 Å². The van der Waals surface area contributed by atoms with E-state index in [-0.39, 0.29) is 12.8 Å². The lowest BCUT2D eigenvalue weighted by molar-refractivity contribution is -0.458. The maximum atomic E-state index is 14.5. The second kappa shape index (κ2) is 11.8. The molecule has 0 aliphatic heterocycles. The molecule has 0 aromatic rings. The summed E-state index contributed by atoms with van der Waals surface area (Å²) in [7, 11) is -11.6. The van der Waals surface area contributed by atoms with Crippen molar-refractivity contribution >= 4 is 26.2 Å². The second-order valence-corrected chi connectivity index (χ2v) is 14.8. The van der Waals surface area contributed by atoms with E-state index in [1.807, 2.05) is 0 Å². The Morgan fingerprint density at radius 1 is 0.605 bits per heavy atom. The Kier molecular flexibility index (Phi) is 10.9. The Balaban J connectivity index is 3.63. The first kappa shape index (κ1) is 39.8. The summed E-state index contributed by atoms with van der Waals surface area (Å²) in [6, 6.07) is 0. The average Bonchev–Trinajstić information content (AvgIpc) is 2.86. The quantitative estimate of drug-likeness (QED) is 0.170. The smallest absolute Gasteiger partial charge is 0.298 e. The van der Waals surface area contributed by atoms with E-state index in [0.29, 0.717) is 19.3 Å². The van der Waals surface area contributed by atoms with Crippen molar-refractivity contribution in [1.29, 1.82) is 0 Å². The zero-order chi connectivity index (χ0) is 34.5. The van der Waals surface area contributed by atoms with Crippen LogP contribution in [0.1, 0.15) is 46.0 Å². The van der Waals surface area contributed by atoms with Gasteiger partial charge in [-0.25, -0.2) is 3.63 Å². The summed E-state index contributed by atoms with van der Waals surface area (Å²) >= 11 is 0. The van der Waals surface area contributed by atoms with E-state index in [1.165, 1.54) is 0 Å². The van der Waals surface area contributed by atoms with Gasteiger partial charge in [-0.2, -0.15) is 83.1 Å². The van der Waals surface area contributed by atoms with Crippen LogP contribution in [0.25, 0.3) is 0 Å². The van der Waals surface area contributed by atoms with E-state index in [9.17, 15) is 87.8 Å². The molecule has 0 heterocycles. The van der Waals surface area contributed by atoms with Gasteiger partial charge in [-0.3, -0.25) is 4.79 Å². The molecule has 0 saturated heterocycles. The van der Waals surface area contributed by atoms with Crippen molar-refractivity contribution in [2.75, 3.05) is 17.3 Å². The van der Waals surface area contributed by atoms with E-state index in [2.05, 4.69) is 3.63 Å². The summed E-state index contributed by atoms with van der Waals surface area (Å²) in [6.07, 6.45) is -5.82. The molecule has 0 unspecified atom stereocenters. The predicted molar refractivity (Wildman–Crippen MR) is 116 cm³/mol. The highest BCUT2D eigenvalue weighted by Gasteiger charge is 2.96. The highest BCUT2D eigenvalue weighted by Crippen LogP contribution is 2.65. The Hall–Kier alpha value is -1.26. The fraction of sp³-hybridized carbons (Fsp3) is 0.950. The largest absolute Gasteiger partial charge is 0.460 e. The molecular weight excluding hydrogens is 691 g/mol. The molecule has 4 nitrogen and oxygen atoms in total. The number of carbonyl (C=O) groups is 1. The molecule has 0 aromatic carbocycles. The Labute approximate surface area is 234 Å². The molecule has 1 aliphatic rings. The molecule has 43 heavy (non-hydrogen) atoms. The summed E-state index contributed by atoms with van der Waals surface area (Å²) in [4.78, 5) is 12.6. The minimum Gasteiger partial charge on any atom is -0.298 e. The van der Waals surface area contributed by atoms with E-state index in [0.717, 1.165) is 13.8 Å². The summed E-state index contributed by atoms with van der Waals surface area (Å²) in [6.45, 7) is 1.90. The topological polar surface area (TPSA) is 60.4 Å². The number of Topliss-reactive ketones (excluding diaryl/α,β-unsaturated/α-hetero) is 1. The number of hydrogen-bond acceptors (Lipinski definition) is 4. The van der Waals surface area contributed by atoms with Crippen molar-refractivity contribution in [2.24, 2.45) is 5.92 Å². The summed E-state index contributed by atoms with van der Waals surface area (Å²) in [5.74, 6) is -56.3. The molecule has 1 saturated carbocycles. The third-order valence-electron chi connectivity index (χ3n) is 6.76. The number of halogens is 17. The van der Waals surface area contributed by atoms with E-state index < -0.39 is 96.4 Å². The number of ketones is 1. The van der Waals surface area contributed by atoms with Gasteiger partial charge in [0.25, 0.3) is 0 Å². The van der Waals surface area contributed by atoms with Crippen LogP contribution in [0.3, 0.4) is 0 Å². The van der Waals surface area contributed by atoms with Gasteiger partial charge < -0.3 is 0 Å². The summed E-state index contributed by atoms with van der Waals surface area (Å²) < 4.78 is 258. The normalized spacial score (nSPS) is 18.6. The van der Waals surface area contributed by atoms with Crippen LogP contribution >= 0.6 is 10.3 Å². The van der Waals surface area contributed by atoms with Gasteiger partial charge in [-0.15, -0.1) is 10.3 Å². The van der Waals surface area contributed by atoms with E-state index >= 15 is 0 Å². The van der Waals surface area contributed by atoms with E-state index in [1.54, 1.807) is 0 Å². The molecule has 258 valence electrons. The SMILES string of the molecule is CCS(CC)(CC(=O)C1CCCCC1)OS(=O)(=O)C(F)(F)C(F)(F)C(F)(F)C(F)(F)C(F)(F)C(F)(F)C(F)(F)C(F)(F)F. The number of alkyl halides is 17. The van der Waals surface area contributed by atoms with Crippen LogP contribution in [0.4, 0.5) is 74.6 Å². The van der Waals surface area contributed by atoms with Gasteiger partial charge >= 0.3 is 57.1 Å². The molecule has 0 radical (unpaired) electrons. The van der Waals surface area contributed by atoms with Gasteiger partial charge in [-0.1, -0.05) is 33.1 Å². The predicted octanol–water partition coefficient (Wildman–Crippen LogP) is 8.21. The van der Waals surface area contributed by atoms with Crippen LogP contribution < -0.4 is 0 Å². The molecular formula is C20H23F17O4S2. The summed E-state index contributed by atoms with van der Waals surface area (Å²) in [5, 5.41) is -7.76. The highest BCUT2D eigenvalue weighted by molar-refractivity contribution is 8.33. The third kappa shape index (κ3) is 6.15. The average molecular weight is 715 g/mol. The van der Waals surface area contributed by atoms with Crippen LogP contribution in [0.15, 0.2) is 0 Å². The molecule has 0 bridgehead atoms. The Morgan fingerprint density at radius 3 is 1.30 bits per heavy atom. The molecule has 0 spiro atoms. The molecule has 0 amide bonds. The van der Waals surface area contributed by atoms with Crippen molar-refractivity contribution in [2.45, 2.75) is 92.9 Å². The first-order valence-electron chi connectivity index (χ1n) is 11.8. The zero-order valence-electron chi connectivity index (χ0n) is 21.6. The minimum absolute atomic E-state index is 0.219. The van der Waals surface area contributed by atoms with Gasteiger partial charge in [-0.05, 0) is 24.3 Å². The van der Waals surface area contributed by atoms with Crippen LogP contribution in [-0.2, 0) is 18.5 Å². The monoisotopic (exact) mass is 714 g/mol. The minimum atomic E-state index is -8.92. The van der Waals surface area contributed by atoms with Crippen molar-refractivity contribution in [1.82, 2.24) is 0 Å². The third-order valence-corrected chi connectivity index (χ3v) is 12.4. The fourth-order valence-electron chi connectivity index (χ4n) is 3.87. The molecule has 1 rings (SSSR count). The van der Waals surface area contributed by atoms with Crippen LogP contribution in [-0.4, -0.2) is 78.4 Å². The maximum Gasteiger partial charge on any atom is 0.460 e. The van der Waals surface area contributed by atoms with E-state index in [4.69, 9.17) is 0 Å². The van der Waals surface area contributed by atoms with Gasteiger partial charge in [0.1, 0.15) is 5.78 Å². The molecule has 1 aliphatic carbocycles. The summed E-state index contributed by atoms with van der Waals surface area (Å²) in [5.41, 5.74) is 0.